The maximum absolute atomic E-state index is 12.8. The van der Waals surface area contributed by atoms with E-state index in [4.69, 9.17) is 24.1 Å². The summed E-state index contributed by atoms with van der Waals surface area (Å²) in [6.45, 7) is 4.59. The molecule has 0 radical (unpaired) electrons. The second-order valence-electron chi connectivity index (χ2n) is 10.0. The highest BCUT2D eigenvalue weighted by atomic mass is 16.8. The first kappa shape index (κ1) is 29.4. The summed E-state index contributed by atoms with van der Waals surface area (Å²) in [5.74, 6) is -1.51. The van der Waals surface area contributed by atoms with Gasteiger partial charge in [-0.2, -0.15) is 0 Å². The number of ether oxygens (including phenoxy) is 4. The summed E-state index contributed by atoms with van der Waals surface area (Å²) in [6.07, 6.45) is -1.39. The molecule has 9 unspecified atom stereocenters. The van der Waals surface area contributed by atoms with Crippen molar-refractivity contribution in [2.75, 3.05) is 13.2 Å². The van der Waals surface area contributed by atoms with Gasteiger partial charge in [0, 0.05) is 5.57 Å². The molecule has 3 aliphatic rings. The maximum atomic E-state index is 12.8. The van der Waals surface area contributed by atoms with Gasteiger partial charge in [-0.3, -0.25) is 4.79 Å². The van der Waals surface area contributed by atoms with Crippen molar-refractivity contribution >= 4 is 12.3 Å². The first-order valence-electron chi connectivity index (χ1n) is 12.5. The molecule has 2 aliphatic heterocycles. The summed E-state index contributed by atoms with van der Waals surface area (Å²) >= 11 is 0. The molecule has 37 heavy (non-hydrogen) atoms. The van der Waals surface area contributed by atoms with E-state index < -0.39 is 61.1 Å². The quantitative estimate of drug-likeness (QED) is 0.114. The van der Waals surface area contributed by atoms with Crippen LogP contribution in [0.1, 0.15) is 46.5 Å². The van der Waals surface area contributed by atoms with Gasteiger partial charge in [0.2, 0.25) is 12.6 Å². The van der Waals surface area contributed by atoms with Gasteiger partial charge in [0.25, 0.3) is 0 Å². The van der Waals surface area contributed by atoms with Crippen LogP contribution in [0.4, 0.5) is 0 Å². The molecule has 208 valence electrons. The molecule has 0 aromatic rings. The van der Waals surface area contributed by atoms with Crippen LogP contribution in [0.2, 0.25) is 0 Å². The molecule has 1 saturated carbocycles. The Morgan fingerprint density at radius 1 is 1.19 bits per heavy atom. The second kappa shape index (κ2) is 12.6. The van der Waals surface area contributed by atoms with Crippen molar-refractivity contribution in [1.82, 2.24) is 0 Å². The lowest BCUT2D eigenvalue weighted by molar-refractivity contribution is -0.347. The molecular formula is C26H38O11. The number of allylic oxidation sites excluding steroid dienone is 2. The minimum absolute atomic E-state index is 0.0668. The number of aldehydes is 1. The van der Waals surface area contributed by atoms with E-state index in [2.05, 4.69) is 0 Å². The van der Waals surface area contributed by atoms with Gasteiger partial charge in [-0.15, -0.1) is 0 Å². The number of esters is 1. The van der Waals surface area contributed by atoms with Gasteiger partial charge in [-0.05, 0) is 45.4 Å². The van der Waals surface area contributed by atoms with Crippen LogP contribution in [0.5, 0.6) is 0 Å². The van der Waals surface area contributed by atoms with Gasteiger partial charge in [0.05, 0.1) is 31.0 Å². The zero-order valence-electron chi connectivity index (χ0n) is 21.4. The lowest BCUT2D eigenvalue weighted by Crippen LogP contribution is -2.62. The molecule has 11 heteroatoms. The highest BCUT2D eigenvalue weighted by molar-refractivity contribution is 5.87. The van der Waals surface area contributed by atoms with Crippen LogP contribution in [-0.2, 0) is 28.5 Å². The Hall–Kier alpha value is -2.12. The summed E-state index contributed by atoms with van der Waals surface area (Å²) in [7, 11) is 0. The topological polar surface area (TPSA) is 172 Å². The number of carbonyl (C=O) groups is 2. The Labute approximate surface area is 216 Å². The lowest BCUT2D eigenvalue weighted by atomic mass is 9.80. The summed E-state index contributed by atoms with van der Waals surface area (Å²) in [5.41, 5.74) is -0.153. The first-order valence-corrected chi connectivity index (χ1v) is 12.5. The van der Waals surface area contributed by atoms with E-state index in [9.17, 15) is 30.0 Å². The minimum atomic E-state index is -1.65. The molecule has 2 fully saturated rings. The Morgan fingerprint density at radius 2 is 1.92 bits per heavy atom. The third-order valence-corrected chi connectivity index (χ3v) is 7.48. The maximum Gasteiger partial charge on any atom is 0.333 e. The van der Waals surface area contributed by atoms with E-state index in [1.165, 1.54) is 0 Å². The molecule has 0 aromatic carbocycles. The number of fused-ring (bicyclic) bond motifs is 1. The van der Waals surface area contributed by atoms with Crippen molar-refractivity contribution in [1.29, 1.82) is 0 Å². The molecule has 9 atom stereocenters. The van der Waals surface area contributed by atoms with E-state index in [-0.39, 0.29) is 23.7 Å². The molecule has 5 N–H and O–H groups in total. The Morgan fingerprint density at radius 3 is 2.57 bits per heavy atom. The SMILES string of the molecule is CC(=CCO)CCC=C(C)C(=O)OC1C(OC2OC=C(C=O)C3(O)CCC(C)C23)OC(CO)C(O)C1O. The second-order valence-corrected chi connectivity index (χ2v) is 10.0. The zero-order chi connectivity index (χ0) is 27.3. The van der Waals surface area contributed by atoms with Crippen molar-refractivity contribution in [3.8, 4) is 0 Å². The summed E-state index contributed by atoms with van der Waals surface area (Å²) in [4.78, 5) is 24.3. The van der Waals surface area contributed by atoms with Crippen LogP contribution in [0.3, 0.4) is 0 Å². The Kier molecular flexibility index (Phi) is 10.0. The van der Waals surface area contributed by atoms with Crippen molar-refractivity contribution in [2.24, 2.45) is 11.8 Å². The monoisotopic (exact) mass is 526 g/mol. The largest absolute Gasteiger partial charge is 0.471 e. The predicted octanol–water partition coefficient (Wildman–Crippen LogP) is 0.235. The summed E-state index contributed by atoms with van der Waals surface area (Å²) < 4.78 is 22.8. The molecular weight excluding hydrogens is 488 g/mol. The average molecular weight is 527 g/mol. The molecule has 1 aliphatic carbocycles. The van der Waals surface area contributed by atoms with Crippen molar-refractivity contribution < 1.29 is 54.1 Å². The predicted molar refractivity (Wildman–Crippen MR) is 128 cm³/mol. The fourth-order valence-electron chi connectivity index (χ4n) is 5.17. The molecule has 0 aromatic heterocycles. The lowest BCUT2D eigenvalue weighted by Gasteiger charge is -2.45. The number of hydrogen-bond donors (Lipinski definition) is 5. The first-order chi connectivity index (χ1) is 17.6. The molecule has 0 amide bonds. The van der Waals surface area contributed by atoms with Gasteiger partial charge in [0.1, 0.15) is 23.9 Å². The van der Waals surface area contributed by atoms with Gasteiger partial charge < -0.3 is 44.5 Å². The van der Waals surface area contributed by atoms with Crippen LogP contribution >= 0.6 is 0 Å². The minimum Gasteiger partial charge on any atom is -0.471 e. The molecule has 0 spiro atoms. The smallest absolute Gasteiger partial charge is 0.333 e. The summed E-state index contributed by atoms with van der Waals surface area (Å²) in [5, 5.41) is 51.0. The van der Waals surface area contributed by atoms with Gasteiger partial charge in [0.15, 0.2) is 12.4 Å². The van der Waals surface area contributed by atoms with E-state index in [0.717, 1.165) is 11.8 Å². The third kappa shape index (κ3) is 6.31. The fraction of sp³-hybridized carbons (Fsp3) is 0.692. The van der Waals surface area contributed by atoms with Gasteiger partial charge in [-0.1, -0.05) is 24.6 Å². The highest BCUT2D eigenvalue weighted by Crippen LogP contribution is 2.49. The highest BCUT2D eigenvalue weighted by Gasteiger charge is 2.57. The Balaban J connectivity index is 1.78. The van der Waals surface area contributed by atoms with Crippen molar-refractivity contribution in [3.05, 3.63) is 35.1 Å². The number of rotatable bonds is 10. The number of hydrogen-bond acceptors (Lipinski definition) is 11. The average Bonchev–Trinajstić information content (AvgIpc) is 3.18. The molecule has 0 bridgehead atoms. The van der Waals surface area contributed by atoms with Crippen molar-refractivity contribution in [3.63, 3.8) is 0 Å². The fourth-order valence-corrected chi connectivity index (χ4v) is 5.17. The van der Waals surface area contributed by atoms with Crippen LogP contribution in [0.15, 0.2) is 35.1 Å². The van der Waals surface area contributed by atoms with E-state index >= 15 is 0 Å². The van der Waals surface area contributed by atoms with Gasteiger partial charge >= 0.3 is 5.97 Å². The van der Waals surface area contributed by atoms with Crippen molar-refractivity contribution in [2.45, 2.75) is 89.1 Å². The number of aliphatic hydroxyl groups excluding tert-OH is 4. The zero-order valence-corrected chi connectivity index (χ0v) is 21.4. The Bertz CT molecular complexity index is 912. The van der Waals surface area contributed by atoms with E-state index in [1.54, 1.807) is 19.1 Å². The van der Waals surface area contributed by atoms with Crippen LogP contribution < -0.4 is 0 Å². The third-order valence-electron chi connectivity index (χ3n) is 7.48. The van der Waals surface area contributed by atoms with Crippen LogP contribution in [0.25, 0.3) is 0 Å². The van der Waals surface area contributed by atoms with Crippen LogP contribution in [0, 0.1) is 11.8 Å². The van der Waals surface area contributed by atoms with E-state index in [1.807, 2.05) is 13.8 Å². The molecule has 3 rings (SSSR count). The molecule has 11 nitrogen and oxygen atoms in total. The van der Waals surface area contributed by atoms with E-state index in [0.29, 0.717) is 32.0 Å². The molecule has 2 heterocycles. The standard InChI is InChI=1S/C26H38O11/c1-14(8-10-27)5-4-6-16(3)23(32)36-22-21(31)20(30)18(12-29)35-25(22)37-24-19-15(2)7-9-26(19,33)17(11-28)13-34-24/h6,8,11,13,15,18-22,24-25,27,29-31,33H,4-5,7,9-10,12H2,1-3H3. The molecule has 1 saturated heterocycles. The summed E-state index contributed by atoms with van der Waals surface area (Å²) in [6, 6.07) is 0. The van der Waals surface area contributed by atoms with Crippen LogP contribution in [-0.4, -0.2) is 93.6 Å². The number of aliphatic hydroxyl groups is 5. The normalized spacial score (nSPS) is 38.4. The number of carbonyl (C=O) groups excluding carboxylic acids is 2. The van der Waals surface area contributed by atoms with Gasteiger partial charge in [-0.25, -0.2) is 4.79 Å².